The molecule has 0 saturated heterocycles. The van der Waals surface area contributed by atoms with Crippen LogP contribution < -0.4 is 5.73 Å². The summed E-state index contributed by atoms with van der Waals surface area (Å²) in [4.78, 5) is 3.82. The summed E-state index contributed by atoms with van der Waals surface area (Å²) in [6, 6.07) is 3.34. The fourth-order valence-corrected chi connectivity index (χ4v) is 1.11. The molecule has 1 heterocycles. The fourth-order valence-electron chi connectivity index (χ4n) is 1.11. The van der Waals surface area contributed by atoms with Crippen molar-refractivity contribution in [1.82, 2.24) is 4.98 Å². The Balaban J connectivity index is 2.88. The Morgan fingerprint density at radius 3 is 2.77 bits per heavy atom. The van der Waals surface area contributed by atoms with E-state index in [0.717, 1.165) is 0 Å². The Morgan fingerprint density at radius 2 is 2.23 bits per heavy atom. The molecule has 4 N–H and O–H groups in total. The van der Waals surface area contributed by atoms with Gasteiger partial charge < -0.3 is 15.9 Å². The molecule has 2 atom stereocenters. The maximum atomic E-state index is 9.60. The number of anilines is 1. The maximum Gasteiger partial charge on any atom is 0.129 e. The van der Waals surface area contributed by atoms with Gasteiger partial charge in [0.15, 0.2) is 0 Å². The quantitative estimate of drug-likeness (QED) is 0.634. The van der Waals surface area contributed by atoms with Crippen LogP contribution in [0.2, 0.25) is 0 Å². The van der Waals surface area contributed by atoms with E-state index in [1.54, 1.807) is 25.3 Å². The highest BCUT2D eigenvalue weighted by molar-refractivity contribution is 5.40. The molecular formula is C9H14N2O2. The minimum atomic E-state index is -0.946. The van der Waals surface area contributed by atoms with E-state index in [4.69, 9.17) is 5.73 Å². The van der Waals surface area contributed by atoms with Gasteiger partial charge >= 0.3 is 0 Å². The smallest absolute Gasteiger partial charge is 0.129 e. The third kappa shape index (κ3) is 2.17. The van der Waals surface area contributed by atoms with Crippen molar-refractivity contribution in [2.24, 2.45) is 0 Å². The van der Waals surface area contributed by atoms with E-state index in [0.29, 0.717) is 12.0 Å². The lowest BCUT2D eigenvalue weighted by Crippen LogP contribution is -2.18. The second-order valence-corrected chi connectivity index (χ2v) is 2.90. The number of aliphatic hydroxyl groups excluding tert-OH is 2. The van der Waals surface area contributed by atoms with Gasteiger partial charge in [0, 0.05) is 11.8 Å². The first-order chi connectivity index (χ1) is 6.16. The highest BCUT2D eigenvalue weighted by Gasteiger charge is 2.18. The molecule has 0 saturated carbocycles. The molecule has 72 valence electrons. The molecular weight excluding hydrogens is 168 g/mol. The van der Waals surface area contributed by atoms with Gasteiger partial charge in [-0.3, -0.25) is 0 Å². The lowest BCUT2D eigenvalue weighted by atomic mass is 10.0. The van der Waals surface area contributed by atoms with E-state index in [2.05, 4.69) is 4.98 Å². The van der Waals surface area contributed by atoms with Crippen molar-refractivity contribution in [3.05, 3.63) is 23.9 Å². The zero-order valence-electron chi connectivity index (χ0n) is 7.51. The van der Waals surface area contributed by atoms with E-state index < -0.39 is 12.2 Å². The van der Waals surface area contributed by atoms with Crippen LogP contribution in [0.4, 0.5) is 5.82 Å². The van der Waals surface area contributed by atoms with Crippen molar-refractivity contribution in [1.29, 1.82) is 0 Å². The summed E-state index contributed by atoms with van der Waals surface area (Å²) < 4.78 is 0. The zero-order valence-corrected chi connectivity index (χ0v) is 7.51. The van der Waals surface area contributed by atoms with Crippen LogP contribution >= 0.6 is 0 Å². The third-order valence-electron chi connectivity index (χ3n) is 1.97. The first-order valence-electron chi connectivity index (χ1n) is 4.23. The van der Waals surface area contributed by atoms with Crippen molar-refractivity contribution in [2.45, 2.75) is 25.6 Å². The van der Waals surface area contributed by atoms with Gasteiger partial charge in [0.25, 0.3) is 0 Å². The zero-order chi connectivity index (χ0) is 9.84. The van der Waals surface area contributed by atoms with Crippen molar-refractivity contribution >= 4 is 5.82 Å². The number of pyridine rings is 1. The summed E-state index contributed by atoms with van der Waals surface area (Å²) in [5.41, 5.74) is 6.01. The fraction of sp³-hybridized carbons (Fsp3) is 0.444. The second-order valence-electron chi connectivity index (χ2n) is 2.90. The monoisotopic (exact) mass is 182 g/mol. The standard InChI is InChI=1S/C9H14N2O2/c1-2-7(12)8(13)6-4-3-5-11-9(6)10/h3-5,7-8,12-13H,2H2,1H3,(H2,10,11). The third-order valence-corrected chi connectivity index (χ3v) is 1.97. The van der Waals surface area contributed by atoms with Gasteiger partial charge in [-0.15, -0.1) is 0 Å². The molecule has 0 amide bonds. The molecule has 0 aliphatic heterocycles. The topological polar surface area (TPSA) is 79.4 Å². The van der Waals surface area contributed by atoms with Crippen LogP contribution in [-0.4, -0.2) is 21.3 Å². The van der Waals surface area contributed by atoms with Gasteiger partial charge in [0.05, 0.1) is 6.10 Å². The number of rotatable bonds is 3. The summed E-state index contributed by atoms with van der Waals surface area (Å²) in [5, 5.41) is 19.0. The molecule has 2 unspecified atom stereocenters. The van der Waals surface area contributed by atoms with Crippen LogP contribution in [0.15, 0.2) is 18.3 Å². The van der Waals surface area contributed by atoms with E-state index in [-0.39, 0.29) is 5.82 Å². The van der Waals surface area contributed by atoms with Crippen LogP contribution in [0.3, 0.4) is 0 Å². The Morgan fingerprint density at radius 1 is 1.54 bits per heavy atom. The number of nitrogens with two attached hydrogens (primary N) is 1. The average molecular weight is 182 g/mol. The second kappa shape index (κ2) is 4.20. The highest BCUT2D eigenvalue weighted by atomic mass is 16.3. The number of nitrogens with zero attached hydrogens (tertiary/aromatic N) is 1. The number of hydrogen-bond acceptors (Lipinski definition) is 4. The van der Waals surface area contributed by atoms with Crippen LogP contribution in [0, 0.1) is 0 Å². The molecule has 0 radical (unpaired) electrons. The van der Waals surface area contributed by atoms with Crippen LogP contribution in [-0.2, 0) is 0 Å². The SMILES string of the molecule is CCC(O)C(O)c1cccnc1N. The first kappa shape index (κ1) is 9.95. The van der Waals surface area contributed by atoms with Crippen LogP contribution in [0.1, 0.15) is 25.0 Å². The van der Waals surface area contributed by atoms with Gasteiger partial charge in [0.2, 0.25) is 0 Å². The molecule has 0 aliphatic rings. The van der Waals surface area contributed by atoms with Gasteiger partial charge in [-0.1, -0.05) is 13.0 Å². The average Bonchev–Trinajstić information content (AvgIpc) is 2.16. The molecule has 0 fully saturated rings. The predicted octanol–water partition coefficient (Wildman–Crippen LogP) is 0.468. The van der Waals surface area contributed by atoms with Crippen molar-refractivity contribution in [2.75, 3.05) is 5.73 Å². The molecule has 0 bridgehead atoms. The van der Waals surface area contributed by atoms with Gasteiger partial charge in [0.1, 0.15) is 11.9 Å². The Bertz CT molecular complexity index is 278. The summed E-state index contributed by atoms with van der Waals surface area (Å²) >= 11 is 0. The first-order valence-corrected chi connectivity index (χ1v) is 4.23. The number of aromatic nitrogens is 1. The summed E-state index contributed by atoms with van der Waals surface area (Å²) in [7, 11) is 0. The molecule has 4 nitrogen and oxygen atoms in total. The molecule has 4 heteroatoms. The van der Waals surface area contributed by atoms with Crippen LogP contribution in [0.5, 0.6) is 0 Å². The normalized spacial score (nSPS) is 15.3. The predicted molar refractivity (Wildman–Crippen MR) is 49.9 cm³/mol. The van der Waals surface area contributed by atoms with Crippen molar-refractivity contribution < 1.29 is 10.2 Å². The molecule has 1 rings (SSSR count). The largest absolute Gasteiger partial charge is 0.390 e. The molecule has 0 aromatic carbocycles. The van der Waals surface area contributed by atoms with E-state index >= 15 is 0 Å². The summed E-state index contributed by atoms with van der Waals surface area (Å²) in [5.74, 6) is 0.266. The van der Waals surface area contributed by atoms with Gasteiger partial charge in [-0.25, -0.2) is 4.98 Å². The minimum absolute atomic E-state index is 0.266. The number of nitrogen functional groups attached to an aromatic ring is 1. The van der Waals surface area contributed by atoms with Crippen molar-refractivity contribution in [3.8, 4) is 0 Å². The number of aliphatic hydroxyl groups is 2. The minimum Gasteiger partial charge on any atom is -0.390 e. The van der Waals surface area contributed by atoms with Gasteiger partial charge in [-0.05, 0) is 12.5 Å². The number of hydrogen-bond donors (Lipinski definition) is 3. The Labute approximate surface area is 77.0 Å². The van der Waals surface area contributed by atoms with Gasteiger partial charge in [-0.2, -0.15) is 0 Å². The van der Waals surface area contributed by atoms with E-state index in [1.807, 2.05) is 0 Å². The van der Waals surface area contributed by atoms with E-state index in [9.17, 15) is 10.2 Å². The molecule has 1 aromatic heterocycles. The lowest BCUT2D eigenvalue weighted by molar-refractivity contribution is 0.0167. The Hall–Kier alpha value is -1.13. The summed E-state index contributed by atoms with van der Waals surface area (Å²) in [6.45, 7) is 1.79. The molecule has 13 heavy (non-hydrogen) atoms. The molecule has 0 spiro atoms. The van der Waals surface area contributed by atoms with E-state index in [1.165, 1.54) is 0 Å². The Kier molecular flexibility index (Phi) is 3.22. The lowest BCUT2D eigenvalue weighted by Gasteiger charge is -2.17. The molecule has 1 aromatic rings. The highest BCUT2D eigenvalue weighted by Crippen LogP contribution is 2.22. The molecule has 0 aliphatic carbocycles. The summed E-state index contributed by atoms with van der Waals surface area (Å²) in [6.07, 6.45) is 0.296. The van der Waals surface area contributed by atoms with Crippen LogP contribution in [0.25, 0.3) is 0 Å². The maximum absolute atomic E-state index is 9.60. The van der Waals surface area contributed by atoms with Crippen molar-refractivity contribution in [3.63, 3.8) is 0 Å².